The number of anilines is 1. The Hall–Kier alpha value is -1.79. The fraction of sp³-hybridized carbons (Fsp3) is 0.467. The number of ether oxygens (including phenoxy) is 1. The van der Waals surface area contributed by atoms with Crippen LogP contribution in [0.4, 0.5) is 10.2 Å². The first-order chi connectivity index (χ1) is 10.1. The minimum Gasteiger partial charge on any atom is -0.373 e. The van der Waals surface area contributed by atoms with Crippen LogP contribution < -0.4 is 4.90 Å². The summed E-state index contributed by atoms with van der Waals surface area (Å²) in [5.74, 6) is 0.517. The topological polar surface area (TPSA) is 41.5 Å². The first-order valence-corrected chi connectivity index (χ1v) is 7.05. The maximum atomic E-state index is 13.5. The molecule has 21 heavy (non-hydrogen) atoms. The van der Waals surface area contributed by atoms with Crippen LogP contribution in [0.25, 0.3) is 10.9 Å². The van der Waals surface area contributed by atoms with Crippen LogP contribution in [0, 0.1) is 5.82 Å². The van der Waals surface area contributed by atoms with Crippen molar-refractivity contribution >= 4 is 16.7 Å². The van der Waals surface area contributed by atoms with Gasteiger partial charge in [0.25, 0.3) is 0 Å². The van der Waals surface area contributed by atoms with E-state index >= 15 is 0 Å². The van der Waals surface area contributed by atoms with E-state index < -0.39 is 0 Å². The van der Waals surface area contributed by atoms with Crippen LogP contribution in [-0.2, 0) is 4.74 Å². The van der Waals surface area contributed by atoms with Gasteiger partial charge in [0.05, 0.1) is 18.2 Å². The van der Waals surface area contributed by atoms with Crippen LogP contribution in [0.5, 0.6) is 0 Å². The van der Waals surface area contributed by atoms with Crippen molar-refractivity contribution in [3.63, 3.8) is 0 Å². The number of rotatable bonds is 3. The highest BCUT2D eigenvalue weighted by Crippen LogP contribution is 2.25. The van der Waals surface area contributed by atoms with E-state index in [0.29, 0.717) is 6.61 Å². The van der Waals surface area contributed by atoms with Gasteiger partial charge in [0.15, 0.2) is 0 Å². The van der Waals surface area contributed by atoms with E-state index in [-0.39, 0.29) is 11.9 Å². The lowest BCUT2D eigenvalue weighted by Crippen LogP contribution is -2.46. The third-order valence-corrected chi connectivity index (χ3v) is 3.58. The number of halogens is 1. The van der Waals surface area contributed by atoms with Crippen LogP contribution >= 0.6 is 0 Å². The molecule has 3 rings (SSSR count). The van der Waals surface area contributed by atoms with Crippen molar-refractivity contribution in [1.29, 1.82) is 0 Å². The SMILES string of the molecule is CN(C)CC1CN(c2ncnc3ccc(F)cc23)CCO1. The largest absolute Gasteiger partial charge is 0.373 e. The van der Waals surface area contributed by atoms with Gasteiger partial charge in [-0.15, -0.1) is 0 Å². The second-order valence-corrected chi connectivity index (χ2v) is 5.56. The zero-order chi connectivity index (χ0) is 14.8. The Kier molecular flexibility index (Phi) is 3.98. The van der Waals surface area contributed by atoms with Crippen LogP contribution in [0.15, 0.2) is 24.5 Å². The number of likely N-dealkylation sites (N-methyl/N-ethyl adjacent to an activating group) is 1. The smallest absolute Gasteiger partial charge is 0.140 e. The van der Waals surface area contributed by atoms with Crippen molar-refractivity contribution in [2.75, 3.05) is 45.2 Å². The summed E-state index contributed by atoms with van der Waals surface area (Å²) in [6.45, 7) is 3.01. The van der Waals surface area contributed by atoms with Crippen molar-refractivity contribution in [3.05, 3.63) is 30.3 Å². The Balaban J connectivity index is 1.90. The summed E-state index contributed by atoms with van der Waals surface area (Å²) in [6, 6.07) is 4.61. The third-order valence-electron chi connectivity index (χ3n) is 3.58. The molecule has 0 aliphatic carbocycles. The highest BCUT2D eigenvalue weighted by atomic mass is 19.1. The van der Waals surface area contributed by atoms with Gasteiger partial charge < -0.3 is 14.5 Å². The predicted molar refractivity (Wildman–Crippen MR) is 80.0 cm³/mol. The quantitative estimate of drug-likeness (QED) is 0.857. The number of morpholine rings is 1. The van der Waals surface area contributed by atoms with Gasteiger partial charge in [-0.25, -0.2) is 14.4 Å². The zero-order valence-corrected chi connectivity index (χ0v) is 12.3. The Labute approximate surface area is 123 Å². The molecule has 112 valence electrons. The normalized spacial score (nSPS) is 19.4. The molecule has 1 fully saturated rings. The lowest BCUT2D eigenvalue weighted by Gasteiger charge is -2.35. The van der Waals surface area contributed by atoms with Gasteiger partial charge in [-0.2, -0.15) is 0 Å². The van der Waals surface area contributed by atoms with Crippen LogP contribution in [0.1, 0.15) is 0 Å². The number of hydrogen-bond acceptors (Lipinski definition) is 5. The monoisotopic (exact) mass is 290 g/mol. The number of aromatic nitrogens is 2. The van der Waals surface area contributed by atoms with E-state index in [1.807, 2.05) is 14.1 Å². The molecule has 6 heteroatoms. The molecule has 1 aliphatic rings. The van der Waals surface area contributed by atoms with Gasteiger partial charge in [-0.1, -0.05) is 0 Å². The standard InChI is InChI=1S/C15H19FN4O/c1-19(2)8-12-9-20(5-6-21-12)15-13-7-11(16)3-4-14(13)17-10-18-15/h3-4,7,10,12H,5-6,8-9H2,1-2H3. The molecule has 0 radical (unpaired) electrons. The van der Waals surface area contributed by atoms with Gasteiger partial charge in [-0.05, 0) is 32.3 Å². The summed E-state index contributed by atoms with van der Waals surface area (Å²) in [5, 5.41) is 0.753. The van der Waals surface area contributed by atoms with E-state index in [1.165, 1.54) is 18.5 Å². The molecule has 1 aliphatic heterocycles. The summed E-state index contributed by atoms with van der Waals surface area (Å²) < 4.78 is 19.3. The number of nitrogens with zero attached hydrogens (tertiary/aromatic N) is 4. The molecule has 1 unspecified atom stereocenters. The molecular formula is C15H19FN4O. The predicted octanol–water partition coefficient (Wildman–Crippen LogP) is 1.54. The van der Waals surface area contributed by atoms with Gasteiger partial charge in [-0.3, -0.25) is 0 Å². The molecule has 0 spiro atoms. The molecule has 0 saturated carbocycles. The summed E-state index contributed by atoms with van der Waals surface area (Å²) in [7, 11) is 4.05. The van der Waals surface area contributed by atoms with Crippen LogP contribution in [0.2, 0.25) is 0 Å². The fourth-order valence-electron chi connectivity index (χ4n) is 2.70. The Morgan fingerprint density at radius 3 is 3.05 bits per heavy atom. The molecule has 5 nitrogen and oxygen atoms in total. The molecule has 0 amide bonds. The van der Waals surface area contributed by atoms with E-state index in [4.69, 9.17) is 4.74 Å². The molecular weight excluding hydrogens is 271 g/mol. The molecule has 1 aromatic carbocycles. The van der Waals surface area contributed by atoms with Crippen molar-refractivity contribution in [1.82, 2.24) is 14.9 Å². The second kappa shape index (κ2) is 5.91. The maximum absolute atomic E-state index is 13.5. The third kappa shape index (κ3) is 3.11. The lowest BCUT2D eigenvalue weighted by atomic mass is 10.2. The van der Waals surface area contributed by atoms with Crippen molar-refractivity contribution in [3.8, 4) is 0 Å². The van der Waals surface area contributed by atoms with Crippen molar-refractivity contribution in [2.24, 2.45) is 0 Å². The lowest BCUT2D eigenvalue weighted by molar-refractivity contribution is 0.0246. The van der Waals surface area contributed by atoms with Gasteiger partial charge in [0, 0.05) is 25.0 Å². The average Bonchev–Trinajstić information content (AvgIpc) is 2.46. The number of benzene rings is 1. The Bertz CT molecular complexity index is 634. The molecule has 0 bridgehead atoms. The van der Waals surface area contributed by atoms with E-state index in [0.717, 1.165) is 36.4 Å². The molecule has 1 saturated heterocycles. The molecule has 2 heterocycles. The number of hydrogen-bond donors (Lipinski definition) is 0. The molecule has 2 aromatic rings. The molecule has 0 N–H and O–H groups in total. The van der Waals surface area contributed by atoms with Crippen molar-refractivity contribution < 1.29 is 9.13 Å². The highest BCUT2D eigenvalue weighted by molar-refractivity contribution is 5.89. The van der Waals surface area contributed by atoms with E-state index in [2.05, 4.69) is 19.8 Å². The summed E-state index contributed by atoms with van der Waals surface area (Å²) in [5.41, 5.74) is 0.761. The van der Waals surface area contributed by atoms with Crippen LogP contribution in [-0.4, -0.2) is 61.3 Å². The van der Waals surface area contributed by atoms with Gasteiger partial charge in [0.1, 0.15) is 18.0 Å². The maximum Gasteiger partial charge on any atom is 0.140 e. The first-order valence-electron chi connectivity index (χ1n) is 7.05. The summed E-state index contributed by atoms with van der Waals surface area (Å²) in [6.07, 6.45) is 1.67. The minimum atomic E-state index is -0.267. The van der Waals surface area contributed by atoms with Crippen LogP contribution in [0.3, 0.4) is 0 Å². The van der Waals surface area contributed by atoms with Crippen molar-refractivity contribution in [2.45, 2.75) is 6.10 Å². The summed E-state index contributed by atoms with van der Waals surface area (Å²) >= 11 is 0. The Morgan fingerprint density at radius 2 is 2.24 bits per heavy atom. The van der Waals surface area contributed by atoms with Gasteiger partial charge in [0.2, 0.25) is 0 Å². The summed E-state index contributed by atoms with van der Waals surface area (Å²) in [4.78, 5) is 12.8. The Morgan fingerprint density at radius 1 is 1.38 bits per heavy atom. The fourth-order valence-corrected chi connectivity index (χ4v) is 2.70. The van der Waals surface area contributed by atoms with E-state index in [9.17, 15) is 4.39 Å². The first kappa shape index (κ1) is 14.2. The number of fused-ring (bicyclic) bond motifs is 1. The molecule has 1 atom stereocenters. The zero-order valence-electron chi connectivity index (χ0n) is 12.3. The van der Waals surface area contributed by atoms with E-state index in [1.54, 1.807) is 6.07 Å². The highest BCUT2D eigenvalue weighted by Gasteiger charge is 2.23. The van der Waals surface area contributed by atoms with Gasteiger partial charge >= 0.3 is 0 Å². The average molecular weight is 290 g/mol. The second-order valence-electron chi connectivity index (χ2n) is 5.56. The minimum absolute atomic E-state index is 0.132. The molecule has 1 aromatic heterocycles.